The van der Waals surface area contributed by atoms with Gasteiger partial charge in [0.15, 0.2) is 0 Å². The maximum Gasteiger partial charge on any atom is 0.497 e. The second-order valence-corrected chi connectivity index (χ2v) is 9.90. The number of rotatable bonds is 2. The molecule has 1 amide bonds. The number of nitrogens with zero attached hydrogens (tertiary/aromatic N) is 1. The van der Waals surface area contributed by atoms with Crippen LogP contribution >= 0.6 is 0 Å². The van der Waals surface area contributed by atoms with Crippen LogP contribution in [-0.2, 0) is 9.31 Å². The second-order valence-electron chi connectivity index (χ2n) is 9.90. The van der Waals surface area contributed by atoms with Gasteiger partial charge in [0.05, 0.1) is 11.2 Å². The molecular formula is C21H28BF2NO4. The van der Waals surface area contributed by atoms with Gasteiger partial charge < -0.3 is 19.3 Å². The Hall–Kier alpha value is -1.67. The number of carboxylic acid groups (broad SMARTS) is 1. The number of carbonyl (C=O) groups is 1. The minimum atomic E-state index is -0.944. The number of likely N-dealkylation sites (tertiary alicyclic amines) is 1. The van der Waals surface area contributed by atoms with Crippen LogP contribution in [0.15, 0.2) is 12.1 Å². The minimum Gasteiger partial charge on any atom is -0.465 e. The number of benzene rings is 1. The Morgan fingerprint density at radius 3 is 2.17 bits per heavy atom. The smallest absolute Gasteiger partial charge is 0.465 e. The van der Waals surface area contributed by atoms with Crippen LogP contribution in [0.3, 0.4) is 0 Å². The zero-order valence-corrected chi connectivity index (χ0v) is 17.4. The molecule has 5 nitrogen and oxygen atoms in total. The predicted octanol–water partition coefficient (Wildman–Crippen LogP) is 3.90. The van der Waals surface area contributed by atoms with Gasteiger partial charge in [0.1, 0.15) is 11.6 Å². The van der Waals surface area contributed by atoms with Crippen LogP contribution in [0.5, 0.6) is 0 Å². The summed E-state index contributed by atoms with van der Waals surface area (Å²) < 4.78 is 41.7. The van der Waals surface area contributed by atoms with E-state index in [0.717, 1.165) is 25.7 Å². The summed E-state index contributed by atoms with van der Waals surface area (Å²) in [7, 11) is -0.944. The van der Waals surface area contributed by atoms with Crippen LogP contribution in [0.25, 0.3) is 0 Å². The molecule has 0 aromatic heterocycles. The fourth-order valence-electron chi connectivity index (χ4n) is 4.83. The van der Waals surface area contributed by atoms with E-state index in [9.17, 15) is 9.18 Å². The Balaban J connectivity index is 1.52. The second kappa shape index (κ2) is 6.67. The Kier molecular flexibility index (Phi) is 4.74. The van der Waals surface area contributed by atoms with Crippen molar-refractivity contribution in [1.29, 1.82) is 0 Å². The summed E-state index contributed by atoms with van der Waals surface area (Å²) in [5, 5.41) is 9.06. The van der Waals surface area contributed by atoms with Crippen LogP contribution in [0.1, 0.15) is 64.9 Å². The van der Waals surface area contributed by atoms with Crippen molar-refractivity contribution < 1.29 is 28.0 Å². The summed E-state index contributed by atoms with van der Waals surface area (Å²) >= 11 is 0. The fraction of sp³-hybridized carbons (Fsp3) is 0.667. The van der Waals surface area contributed by atoms with E-state index in [1.807, 2.05) is 27.7 Å². The molecule has 8 heteroatoms. The monoisotopic (exact) mass is 407 g/mol. The largest absolute Gasteiger partial charge is 0.497 e. The highest BCUT2D eigenvalue weighted by Gasteiger charge is 2.53. The molecule has 1 aromatic rings. The first-order valence-electron chi connectivity index (χ1n) is 10.3. The van der Waals surface area contributed by atoms with Gasteiger partial charge in [-0.05, 0) is 77.0 Å². The first-order chi connectivity index (χ1) is 13.4. The van der Waals surface area contributed by atoms with E-state index < -0.39 is 36.0 Å². The van der Waals surface area contributed by atoms with Crippen LogP contribution in [0.2, 0.25) is 0 Å². The first-order valence-corrected chi connectivity index (χ1v) is 10.3. The number of amides is 1. The molecule has 1 N–H and O–H groups in total. The molecule has 29 heavy (non-hydrogen) atoms. The maximum absolute atomic E-state index is 15.4. The molecule has 1 saturated carbocycles. The third kappa shape index (κ3) is 3.44. The molecule has 0 unspecified atom stereocenters. The number of halogens is 2. The highest BCUT2D eigenvalue weighted by atomic mass is 19.1. The number of hydrogen-bond acceptors (Lipinski definition) is 3. The van der Waals surface area contributed by atoms with Crippen LogP contribution in [0, 0.1) is 17.0 Å². The molecule has 0 radical (unpaired) electrons. The van der Waals surface area contributed by atoms with E-state index in [-0.39, 0.29) is 16.8 Å². The zero-order chi connectivity index (χ0) is 21.2. The van der Waals surface area contributed by atoms with Gasteiger partial charge in [-0.25, -0.2) is 13.6 Å². The third-order valence-electron chi connectivity index (χ3n) is 7.41. The van der Waals surface area contributed by atoms with Crippen LogP contribution in [0.4, 0.5) is 13.6 Å². The molecule has 1 aliphatic carbocycles. The molecule has 3 fully saturated rings. The minimum absolute atomic E-state index is 0.00719. The molecule has 1 spiro atoms. The van der Waals surface area contributed by atoms with Gasteiger partial charge in [-0.1, -0.05) is 0 Å². The van der Waals surface area contributed by atoms with Gasteiger partial charge >= 0.3 is 13.2 Å². The van der Waals surface area contributed by atoms with Gasteiger partial charge in [-0.3, -0.25) is 0 Å². The van der Waals surface area contributed by atoms with Gasteiger partial charge in [0.25, 0.3) is 0 Å². The molecule has 1 aromatic carbocycles. The average molecular weight is 407 g/mol. The first kappa shape index (κ1) is 20.6. The fourth-order valence-corrected chi connectivity index (χ4v) is 4.83. The highest BCUT2D eigenvalue weighted by molar-refractivity contribution is 6.62. The lowest BCUT2D eigenvalue weighted by molar-refractivity contribution is -0.0189. The van der Waals surface area contributed by atoms with E-state index in [4.69, 9.17) is 14.4 Å². The van der Waals surface area contributed by atoms with E-state index >= 15 is 4.39 Å². The summed E-state index contributed by atoms with van der Waals surface area (Å²) in [4.78, 5) is 12.5. The summed E-state index contributed by atoms with van der Waals surface area (Å²) in [5.41, 5.74) is -0.770. The van der Waals surface area contributed by atoms with Crippen LogP contribution in [-0.4, -0.2) is 47.5 Å². The molecule has 2 saturated heterocycles. The molecule has 4 rings (SSSR count). The zero-order valence-electron chi connectivity index (χ0n) is 17.4. The Morgan fingerprint density at radius 1 is 1.10 bits per heavy atom. The van der Waals surface area contributed by atoms with Crippen molar-refractivity contribution in [3.8, 4) is 0 Å². The Bertz CT molecular complexity index is 812. The normalized spacial score (nSPS) is 25.3. The SMILES string of the molecule is CC1(C)OB(c2cc(F)cc(C3CCC4(CC3)CN(C(=O)O)C4)c2F)OC1(C)C. The molecule has 158 valence electrons. The van der Waals surface area contributed by atoms with Crippen molar-refractivity contribution in [3.05, 3.63) is 29.3 Å². The van der Waals surface area contributed by atoms with E-state index in [2.05, 4.69) is 0 Å². The quantitative estimate of drug-likeness (QED) is 0.756. The highest BCUT2D eigenvalue weighted by Crippen LogP contribution is 2.48. The van der Waals surface area contributed by atoms with Crippen LogP contribution < -0.4 is 5.46 Å². The maximum atomic E-state index is 15.4. The van der Waals surface area contributed by atoms with Crippen molar-refractivity contribution in [2.45, 2.75) is 70.5 Å². The van der Waals surface area contributed by atoms with Crippen molar-refractivity contribution >= 4 is 18.7 Å². The molecule has 0 bridgehead atoms. The lowest BCUT2D eigenvalue weighted by atomic mass is 9.64. The lowest BCUT2D eigenvalue weighted by Gasteiger charge is -2.52. The Labute approximate surface area is 170 Å². The summed E-state index contributed by atoms with van der Waals surface area (Å²) in [6.07, 6.45) is 2.20. The standard InChI is InChI=1S/C21H28BF2NO4/c1-19(2)20(3,4)29-22(28-19)16-10-14(23)9-15(17(16)24)13-5-7-21(8-6-13)11-25(12-21)18(26)27/h9-10,13H,5-8,11-12H2,1-4H3,(H,26,27). The molecule has 0 atom stereocenters. The average Bonchev–Trinajstić information content (AvgIpc) is 2.82. The van der Waals surface area contributed by atoms with E-state index in [1.54, 1.807) is 0 Å². The van der Waals surface area contributed by atoms with Crippen molar-refractivity contribution in [1.82, 2.24) is 4.90 Å². The van der Waals surface area contributed by atoms with Gasteiger partial charge in [0, 0.05) is 24.0 Å². The topological polar surface area (TPSA) is 59.0 Å². The predicted molar refractivity (Wildman–Crippen MR) is 105 cm³/mol. The molecule has 3 aliphatic rings. The Morgan fingerprint density at radius 2 is 1.66 bits per heavy atom. The number of hydrogen-bond donors (Lipinski definition) is 1. The third-order valence-corrected chi connectivity index (χ3v) is 7.41. The van der Waals surface area contributed by atoms with Gasteiger partial charge in [-0.2, -0.15) is 0 Å². The van der Waals surface area contributed by atoms with E-state index in [1.165, 1.54) is 17.0 Å². The van der Waals surface area contributed by atoms with Crippen molar-refractivity contribution in [2.24, 2.45) is 5.41 Å². The summed E-state index contributed by atoms with van der Waals surface area (Å²) in [6.45, 7) is 8.60. The van der Waals surface area contributed by atoms with Crippen molar-refractivity contribution in [3.63, 3.8) is 0 Å². The molecule has 2 heterocycles. The summed E-state index contributed by atoms with van der Waals surface area (Å²) in [6, 6.07) is 2.46. The van der Waals surface area contributed by atoms with Crippen molar-refractivity contribution in [2.75, 3.05) is 13.1 Å². The summed E-state index contributed by atoms with van der Waals surface area (Å²) in [5.74, 6) is -1.03. The molecular weight excluding hydrogens is 379 g/mol. The van der Waals surface area contributed by atoms with E-state index in [0.29, 0.717) is 18.7 Å². The molecule has 2 aliphatic heterocycles. The van der Waals surface area contributed by atoms with Gasteiger partial charge in [0.2, 0.25) is 0 Å². The lowest BCUT2D eigenvalue weighted by Crippen LogP contribution is -2.59. The van der Waals surface area contributed by atoms with Gasteiger partial charge in [-0.15, -0.1) is 0 Å².